The zero-order valence-electron chi connectivity index (χ0n) is 23.4. The highest BCUT2D eigenvalue weighted by atomic mass is 19.4. The molecular formula is C37H19F9. The highest BCUT2D eigenvalue weighted by Gasteiger charge is 2.32. The van der Waals surface area contributed by atoms with Crippen LogP contribution in [0, 0.1) is 0 Å². The van der Waals surface area contributed by atoms with Crippen molar-refractivity contribution in [1.82, 2.24) is 0 Å². The fraction of sp³-hybridized carbons (Fsp3) is 0.0811. The Hall–Kier alpha value is -5.05. The summed E-state index contributed by atoms with van der Waals surface area (Å²) in [5.74, 6) is 0. The van der Waals surface area contributed by atoms with Crippen LogP contribution < -0.4 is 0 Å². The molecule has 0 atom stereocenters. The van der Waals surface area contributed by atoms with Crippen molar-refractivity contribution in [3.8, 4) is 33.4 Å². The molecule has 0 aromatic heterocycles. The topological polar surface area (TPSA) is 0 Å². The van der Waals surface area contributed by atoms with Gasteiger partial charge in [-0.15, -0.1) is 0 Å². The van der Waals surface area contributed by atoms with Crippen LogP contribution >= 0.6 is 0 Å². The normalized spacial score (nSPS) is 12.9. The van der Waals surface area contributed by atoms with Gasteiger partial charge < -0.3 is 0 Å². The standard InChI is InChI=1S/C37H19F9/c38-35(39,40)24-9-1-20(2-10-24)27-15-7-23-8-16-29-31(21-3-11-25(12-4-21)36(41,42)43)19-32(30-18-17-28(27)33(23)34(29)30)22-5-13-26(14-6-22)37(44,45)46/h1-19H. The third-order valence-corrected chi connectivity index (χ3v) is 8.35. The van der Waals surface area contributed by atoms with Gasteiger partial charge in [-0.1, -0.05) is 72.8 Å². The van der Waals surface area contributed by atoms with E-state index in [1.165, 1.54) is 36.4 Å². The van der Waals surface area contributed by atoms with E-state index in [1.807, 2.05) is 36.4 Å². The number of hydrogen-bond donors (Lipinski definition) is 0. The van der Waals surface area contributed by atoms with Crippen LogP contribution in [0.1, 0.15) is 16.7 Å². The second-order valence-electron chi connectivity index (χ2n) is 11.1. The molecule has 7 aromatic rings. The van der Waals surface area contributed by atoms with E-state index in [4.69, 9.17) is 0 Å². The molecule has 0 aliphatic carbocycles. The molecule has 0 N–H and O–H groups in total. The maximum absolute atomic E-state index is 13.4. The Morgan fingerprint density at radius 2 is 0.630 bits per heavy atom. The van der Waals surface area contributed by atoms with Gasteiger partial charge in [-0.2, -0.15) is 39.5 Å². The average Bonchev–Trinajstić information content (AvgIpc) is 3.02. The quantitative estimate of drug-likeness (QED) is 0.134. The first-order valence-corrected chi connectivity index (χ1v) is 14.0. The zero-order chi connectivity index (χ0) is 32.6. The van der Waals surface area contributed by atoms with Crippen molar-refractivity contribution in [2.24, 2.45) is 0 Å². The number of halogens is 9. The van der Waals surface area contributed by atoms with E-state index < -0.39 is 35.2 Å². The minimum absolute atomic E-state index is 0.474. The zero-order valence-corrected chi connectivity index (χ0v) is 23.4. The van der Waals surface area contributed by atoms with Gasteiger partial charge in [0, 0.05) is 0 Å². The van der Waals surface area contributed by atoms with Crippen molar-refractivity contribution in [3.05, 3.63) is 132 Å². The molecule has 0 heterocycles. The van der Waals surface area contributed by atoms with E-state index in [0.717, 1.165) is 57.9 Å². The lowest BCUT2D eigenvalue weighted by atomic mass is 9.84. The molecule has 0 spiro atoms. The summed E-state index contributed by atoms with van der Waals surface area (Å²) in [7, 11) is 0. The lowest BCUT2D eigenvalue weighted by molar-refractivity contribution is -0.138. The van der Waals surface area contributed by atoms with Crippen molar-refractivity contribution in [3.63, 3.8) is 0 Å². The number of alkyl halides is 9. The summed E-state index contributed by atoms with van der Waals surface area (Å²) in [4.78, 5) is 0. The van der Waals surface area contributed by atoms with E-state index in [1.54, 1.807) is 6.07 Å². The summed E-state index contributed by atoms with van der Waals surface area (Å²) < 4.78 is 120. The molecule has 46 heavy (non-hydrogen) atoms. The Bertz CT molecular complexity index is 2140. The van der Waals surface area contributed by atoms with Gasteiger partial charge in [0.05, 0.1) is 16.7 Å². The Morgan fingerprint density at radius 1 is 0.304 bits per heavy atom. The first kappa shape index (κ1) is 29.6. The molecule has 0 radical (unpaired) electrons. The van der Waals surface area contributed by atoms with Gasteiger partial charge in [0.2, 0.25) is 0 Å². The lowest BCUT2D eigenvalue weighted by Gasteiger charge is -2.20. The van der Waals surface area contributed by atoms with Crippen LogP contribution in [-0.4, -0.2) is 0 Å². The molecule has 0 saturated heterocycles. The van der Waals surface area contributed by atoms with Crippen LogP contribution in [0.2, 0.25) is 0 Å². The summed E-state index contributed by atoms with van der Waals surface area (Å²) in [5.41, 5.74) is 0.899. The van der Waals surface area contributed by atoms with Crippen LogP contribution in [0.25, 0.3) is 65.7 Å². The monoisotopic (exact) mass is 634 g/mol. The molecule has 0 aliphatic heterocycles. The molecule has 0 saturated carbocycles. The molecule has 230 valence electrons. The second-order valence-corrected chi connectivity index (χ2v) is 11.1. The third-order valence-electron chi connectivity index (χ3n) is 8.35. The summed E-state index contributed by atoms with van der Waals surface area (Å²) in [6.07, 6.45) is -13.6. The third kappa shape index (κ3) is 5.00. The van der Waals surface area contributed by atoms with Crippen LogP contribution in [0.5, 0.6) is 0 Å². The fourth-order valence-electron chi connectivity index (χ4n) is 6.14. The Kier molecular flexibility index (Phi) is 6.60. The maximum Gasteiger partial charge on any atom is 0.416 e. The van der Waals surface area contributed by atoms with Crippen LogP contribution in [-0.2, 0) is 18.5 Å². The van der Waals surface area contributed by atoms with Crippen molar-refractivity contribution in [2.75, 3.05) is 0 Å². The predicted molar refractivity (Wildman–Crippen MR) is 161 cm³/mol. The van der Waals surface area contributed by atoms with Crippen molar-refractivity contribution in [1.29, 1.82) is 0 Å². The molecule has 9 heteroatoms. The summed E-state index contributed by atoms with van der Waals surface area (Å²) >= 11 is 0. The van der Waals surface area contributed by atoms with Crippen LogP contribution in [0.3, 0.4) is 0 Å². The minimum Gasteiger partial charge on any atom is -0.166 e. The molecule has 0 amide bonds. The minimum atomic E-state index is -4.54. The van der Waals surface area contributed by atoms with Gasteiger partial charge in [-0.3, -0.25) is 0 Å². The summed E-state index contributed by atoms with van der Waals surface area (Å²) in [5, 5.41) is 4.46. The van der Waals surface area contributed by atoms with E-state index in [-0.39, 0.29) is 0 Å². The molecule has 0 aliphatic rings. The molecule has 0 fully saturated rings. The highest BCUT2D eigenvalue weighted by molar-refractivity contribution is 6.29. The Balaban J connectivity index is 1.52. The average molecular weight is 635 g/mol. The van der Waals surface area contributed by atoms with Crippen LogP contribution in [0.15, 0.2) is 115 Å². The predicted octanol–water partition coefficient (Wildman–Crippen LogP) is 12.6. The van der Waals surface area contributed by atoms with E-state index in [9.17, 15) is 39.5 Å². The summed E-state index contributed by atoms with van der Waals surface area (Å²) in [6.45, 7) is 0. The Morgan fingerprint density at radius 3 is 1.02 bits per heavy atom. The fourth-order valence-corrected chi connectivity index (χ4v) is 6.14. The van der Waals surface area contributed by atoms with E-state index >= 15 is 0 Å². The second kappa shape index (κ2) is 10.2. The molecule has 0 nitrogen and oxygen atoms in total. The van der Waals surface area contributed by atoms with Gasteiger partial charge in [0.25, 0.3) is 0 Å². The Labute approximate surface area is 255 Å². The maximum atomic E-state index is 13.4. The molecule has 7 aromatic carbocycles. The number of rotatable bonds is 3. The summed E-state index contributed by atoms with van der Waals surface area (Å²) in [6, 6.07) is 27.0. The number of benzene rings is 7. The van der Waals surface area contributed by atoms with Crippen molar-refractivity contribution >= 4 is 32.3 Å². The molecule has 7 rings (SSSR count). The number of hydrogen-bond acceptors (Lipinski definition) is 0. The van der Waals surface area contributed by atoms with E-state index in [0.29, 0.717) is 44.2 Å². The first-order chi connectivity index (χ1) is 21.7. The smallest absolute Gasteiger partial charge is 0.166 e. The molecule has 0 unspecified atom stereocenters. The SMILES string of the molecule is FC(F)(F)c1ccc(-c2ccc3ccc4c(-c5ccc(C(F)(F)F)cc5)cc(-c5ccc(C(F)(F)F)cc5)c5ccc2c3c45)cc1. The van der Waals surface area contributed by atoms with Crippen molar-refractivity contribution in [2.45, 2.75) is 18.5 Å². The molecule has 0 bridgehead atoms. The van der Waals surface area contributed by atoms with Gasteiger partial charge in [0.1, 0.15) is 0 Å². The van der Waals surface area contributed by atoms with Gasteiger partial charge >= 0.3 is 18.5 Å². The van der Waals surface area contributed by atoms with Gasteiger partial charge in [0.15, 0.2) is 0 Å². The van der Waals surface area contributed by atoms with Crippen molar-refractivity contribution < 1.29 is 39.5 Å². The molecular weight excluding hydrogens is 615 g/mol. The van der Waals surface area contributed by atoms with Gasteiger partial charge in [-0.25, -0.2) is 0 Å². The lowest BCUT2D eigenvalue weighted by Crippen LogP contribution is -2.04. The van der Waals surface area contributed by atoms with Crippen LogP contribution in [0.4, 0.5) is 39.5 Å². The first-order valence-electron chi connectivity index (χ1n) is 14.0. The largest absolute Gasteiger partial charge is 0.416 e. The highest BCUT2D eigenvalue weighted by Crippen LogP contribution is 2.46. The van der Waals surface area contributed by atoms with Gasteiger partial charge in [-0.05, 0) is 108 Å². The van der Waals surface area contributed by atoms with E-state index in [2.05, 4.69) is 0 Å².